The second-order valence-corrected chi connectivity index (χ2v) is 15.4. The SMILES string of the molecule is CC1(C)[C@H]2CC[C@]1(C)C(C#N)(O[Si](c1ccccc1)(c1ccccc1)C(C)(C)C)C2. The molecule has 0 heterocycles. The van der Waals surface area contributed by atoms with Crippen molar-refractivity contribution in [2.75, 3.05) is 0 Å². The fraction of sp³-hybridized carbons (Fsp3) is 0.519. The summed E-state index contributed by atoms with van der Waals surface area (Å²) in [4.78, 5) is 0. The molecule has 0 aromatic heterocycles. The van der Waals surface area contributed by atoms with Crippen LogP contribution >= 0.6 is 0 Å². The van der Waals surface area contributed by atoms with E-state index < -0.39 is 13.9 Å². The molecule has 2 bridgehead atoms. The highest BCUT2D eigenvalue weighted by Gasteiger charge is 2.72. The van der Waals surface area contributed by atoms with E-state index in [2.05, 4.69) is 108 Å². The van der Waals surface area contributed by atoms with Crippen molar-refractivity contribution in [2.24, 2.45) is 16.7 Å². The van der Waals surface area contributed by atoms with E-state index in [-0.39, 0.29) is 15.9 Å². The fourth-order valence-electron chi connectivity index (χ4n) is 6.51. The molecule has 2 fully saturated rings. The van der Waals surface area contributed by atoms with E-state index in [1.165, 1.54) is 16.8 Å². The largest absolute Gasteiger partial charge is 0.389 e. The molecule has 3 heteroatoms. The van der Waals surface area contributed by atoms with Crippen LogP contribution in [0, 0.1) is 28.1 Å². The Bertz CT molecular complexity index is 916. The van der Waals surface area contributed by atoms with Gasteiger partial charge < -0.3 is 4.43 Å². The molecule has 0 spiro atoms. The number of hydrogen-bond acceptors (Lipinski definition) is 2. The van der Waals surface area contributed by atoms with Gasteiger partial charge in [-0.05, 0) is 46.0 Å². The molecule has 3 atom stereocenters. The van der Waals surface area contributed by atoms with Gasteiger partial charge in [-0.25, -0.2) is 0 Å². The molecule has 0 radical (unpaired) electrons. The van der Waals surface area contributed by atoms with Crippen molar-refractivity contribution >= 4 is 18.7 Å². The molecule has 30 heavy (non-hydrogen) atoms. The second kappa shape index (κ2) is 6.80. The van der Waals surface area contributed by atoms with E-state index >= 15 is 0 Å². The Balaban J connectivity index is 1.98. The third kappa shape index (κ3) is 2.63. The number of nitrogens with zero attached hydrogens (tertiary/aromatic N) is 1. The van der Waals surface area contributed by atoms with E-state index in [1.54, 1.807) is 0 Å². The van der Waals surface area contributed by atoms with E-state index in [1.807, 2.05) is 0 Å². The summed E-state index contributed by atoms with van der Waals surface area (Å²) < 4.78 is 7.52. The molecule has 2 saturated carbocycles. The fourth-order valence-corrected chi connectivity index (χ4v) is 11.3. The highest BCUT2D eigenvalue weighted by atomic mass is 28.4. The van der Waals surface area contributed by atoms with Crippen molar-refractivity contribution in [3.8, 4) is 6.07 Å². The summed E-state index contributed by atoms with van der Waals surface area (Å²) in [7, 11) is -2.78. The van der Waals surface area contributed by atoms with Crippen LogP contribution in [-0.4, -0.2) is 13.9 Å². The third-order valence-corrected chi connectivity index (χ3v) is 13.8. The molecule has 0 N–H and O–H groups in total. The quantitative estimate of drug-likeness (QED) is 0.600. The molecule has 2 aliphatic rings. The summed E-state index contributed by atoms with van der Waals surface area (Å²) in [6.45, 7) is 13.9. The van der Waals surface area contributed by atoms with Crippen LogP contribution in [0.15, 0.2) is 60.7 Å². The van der Waals surface area contributed by atoms with Crippen molar-refractivity contribution < 1.29 is 4.43 Å². The standard InChI is InChI=1S/C27H35NOSi/c1-24(2,3)30(22-13-9-7-10-14-22,23-15-11-8-12-16-23)29-27(20-28)19-21-17-18-26(27,6)25(21,4)5/h7-16,21H,17-19H2,1-6H3/t21-,26-,27?/m0/s1. The summed E-state index contributed by atoms with van der Waals surface area (Å²) in [6, 6.07) is 24.2. The van der Waals surface area contributed by atoms with Crippen LogP contribution in [0.2, 0.25) is 5.04 Å². The lowest BCUT2D eigenvalue weighted by Crippen LogP contribution is -2.71. The molecule has 2 aromatic carbocycles. The molecular weight excluding hydrogens is 382 g/mol. The van der Waals surface area contributed by atoms with Crippen LogP contribution < -0.4 is 10.4 Å². The van der Waals surface area contributed by atoms with Gasteiger partial charge in [0.2, 0.25) is 0 Å². The van der Waals surface area contributed by atoms with Gasteiger partial charge in [0.15, 0.2) is 5.60 Å². The van der Waals surface area contributed by atoms with Crippen molar-refractivity contribution in [3.05, 3.63) is 60.7 Å². The highest BCUT2D eigenvalue weighted by molar-refractivity contribution is 6.99. The first kappa shape index (κ1) is 21.3. The molecular formula is C27H35NOSi. The van der Waals surface area contributed by atoms with Crippen LogP contribution in [0.1, 0.15) is 60.8 Å². The molecule has 2 nitrogen and oxygen atoms in total. The third-order valence-electron chi connectivity index (χ3n) is 8.79. The first-order valence-electron chi connectivity index (χ1n) is 11.3. The van der Waals surface area contributed by atoms with Crippen LogP contribution in [0.4, 0.5) is 0 Å². The minimum absolute atomic E-state index is 0.105. The number of fused-ring (bicyclic) bond motifs is 2. The first-order valence-corrected chi connectivity index (χ1v) is 13.2. The van der Waals surface area contributed by atoms with Gasteiger partial charge in [-0.3, -0.25) is 0 Å². The number of nitriles is 1. The molecule has 0 saturated heterocycles. The van der Waals surface area contributed by atoms with Crippen molar-refractivity contribution in [1.82, 2.24) is 0 Å². The Morgan fingerprint density at radius 2 is 1.43 bits per heavy atom. The number of rotatable bonds is 4. The molecule has 2 aliphatic carbocycles. The Hall–Kier alpha value is -1.89. The summed E-state index contributed by atoms with van der Waals surface area (Å²) >= 11 is 0. The normalized spacial score (nSPS) is 30.2. The van der Waals surface area contributed by atoms with Crippen LogP contribution in [0.3, 0.4) is 0 Å². The van der Waals surface area contributed by atoms with Crippen LogP contribution in [0.5, 0.6) is 0 Å². The molecule has 4 rings (SSSR count). The predicted octanol–water partition coefficient (Wildman–Crippen LogP) is 5.67. The summed E-state index contributed by atoms with van der Waals surface area (Å²) in [6.07, 6.45) is 3.12. The van der Waals surface area contributed by atoms with Crippen molar-refractivity contribution in [2.45, 2.75) is 71.4 Å². The van der Waals surface area contributed by atoms with Crippen LogP contribution in [0.25, 0.3) is 0 Å². The molecule has 158 valence electrons. The van der Waals surface area contributed by atoms with Gasteiger partial charge in [-0.2, -0.15) is 5.26 Å². The van der Waals surface area contributed by atoms with Gasteiger partial charge in [-0.15, -0.1) is 0 Å². The molecule has 2 aromatic rings. The highest BCUT2D eigenvalue weighted by Crippen LogP contribution is 2.71. The van der Waals surface area contributed by atoms with Gasteiger partial charge >= 0.3 is 0 Å². The van der Waals surface area contributed by atoms with E-state index in [4.69, 9.17) is 4.43 Å². The zero-order valence-corrected chi connectivity index (χ0v) is 20.3. The molecule has 1 unspecified atom stereocenters. The summed E-state index contributed by atoms with van der Waals surface area (Å²) in [5.41, 5.74) is -0.800. The maximum atomic E-state index is 10.7. The average Bonchev–Trinajstić information content (AvgIpc) is 3.04. The van der Waals surface area contributed by atoms with E-state index in [0.717, 1.165) is 12.8 Å². The summed E-state index contributed by atoms with van der Waals surface area (Å²) in [5.74, 6) is 0.542. The lowest BCUT2D eigenvalue weighted by atomic mass is 9.65. The Labute approximate surface area is 183 Å². The lowest BCUT2D eigenvalue weighted by molar-refractivity contribution is -0.0319. The summed E-state index contributed by atoms with van der Waals surface area (Å²) in [5, 5.41) is 13.1. The minimum Gasteiger partial charge on any atom is -0.389 e. The predicted molar refractivity (Wildman–Crippen MR) is 126 cm³/mol. The minimum atomic E-state index is -2.78. The van der Waals surface area contributed by atoms with E-state index in [0.29, 0.717) is 5.92 Å². The Kier molecular flexibility index (Phi) is 4.84. The monoisotopic (exact) mass is 417 g/mol. The second-order valence-electron chi connectivity index (χ2n) is 11.2. The number of benzene rings is 2. The lowest BCUT2D eigenvalue weighted by Gasteiger charge is -2.52. The van der Waals surface area contributed by atoms with E-state index in [9.17, 15) is 5.26 Å². The molecule has 0 amide bonds. The topological polar surface area (TPSA) is 33.0 Å². The van der Waals surface area contributed by atoms with Gasteiger partial charge in [0.25, 0.3) is 8.32 Å². The Morgan fingerprint density at radius 1 is 0.933 bits per heavy atom. The Morgan fingerprint density at radius 3 is 1.77 bits per heavy atom. The van der Waals surface area contributed by atoms with Crippen molar-refractivity contribution in [1.29, 1.82) is 5.26 Å². The smallest absolute Gasteiger partial charge is 0.263 e. The first-order chi connectivity index (χ1) is 14.0. The maximum Gasteiger partial charge on any atom is 0.263 e. The maximum absolute atomic E-state index is 10.7. The molecule has 0 aliphatic heterocycles. The zero-order chi connectivity index (χ0) is 21.8. The van der Waals surface area contributed by atoms with Gasteiger partial charge in [0, 0.05) is 5.41 Å². The van der Waals surface area contributed by atoms with Crippen molar-refractivity contribution in [3.63, 3.8) is 0 Å². The van der Waals surface area contributed by atoms with Gasteiger partial charge in [0.1, 0.15) is 0 Å². The van der Waals surface area contributed by atoms with Gasteiger partial charge in [-0.1, -0.05) is 102 Å². The number of hydrogen-bond donors (Lipinski definition) is 0. The zero-order valence-electron chi connectivity index (χ0n) is 19.3. The van der Waals surface area contributed by atoms with Gasteiger partial charge in [0.05, 0.1) is 6.07 Å². The average molecular weight is 418 g/mol. The van der Waals surface area contributed by atoms with Crippen LogP contribution in [-0.2, 0) is 4.43 Å².